The van der Waals surface area contributed by atoms with Gasteiger partial charge in [-0.1, -0.05) is 0 Å². The second kappa shape index (κ2) is 7.15. The number of hydrogen-bond donors (Lipinski definition) is 1. The van der Waals surface area contributed by atoms with Gasteiger partial charge in [-0.2, -0.15) is 0 Å². The molecule has 20 heavy (non-hydrogen) atoms. The van der Waals surface area contributed by atoms with Gasteiger partial charge in [0.1, 0.15) is 5.82 Å². The second-order valence-corrected chi connectivity index (χ2v) is 5.88. The summed E-state index contributed by atoms with van der Waals surface area (Å²) in [5, 5.41) is 15.5. The monoisotopic (exact) mass is 306 g/mol. The summed E-state index contributed by atoms with van der Waals surface area (Å²) >= 11 is 0. The maximum Gasteiger partial charge on any atom is 0.313 e. The Morgan fingerprint density at radius 1 is 1.30 bits per heavy atom. The summed E-state index contributed by atoms with van der Waals surface area (Å²) in [5.74, 6) is -0.830. The van der Waals surface area contributed by atoms with Crippen LogP contribution in [0.5, 0.6) is 5.75 Å². The van der Waals surface area contributed by atoms with Crippen molar-refractivity contribution >= 4 is 15.7 Å². The molecule has 0 saturated carbocycles. The summed E-state index contributed by atoms with van der Waals surface area (Å²) in [7, 11) is -3.46. The highest BCUT2D eigenvalue weighted by Crippen LogP contribution is 2.27. The van der Waals surface area contributed by atoms with E-state index >= 15 is 0 Å². The predicted octanol–water partition coefficient (Wildman–Crippen LogP) is 1.57. The van der Waals surface area contributed by atoms with E-state index in [1.165, 1.54) is 6.07 Å². The molecule has 0 aromatic heterocycles. The molecule has 0 saturated heterocycles. The third kappa shape index (κ3) is 5.93. The van der Waals surface area contributed by atoms with Crippen LogP contribution in [0.25, 0.3) is 0 Å². The third-order valence-electron chi connectivity index (χ3n) is 2.45. The summed E-state index contributed by atoms with van der Waals surface area (Å²) in [6.07, 6.45) is 1.48. The molecule has 0 unspecified atom stereocenters. The number of nitrogens with two attached hydrogens (primary N) is 1. The van der Waals surface area contributed by atoms with Crippen molar-refractivity contribution < 1.29 is 22.5 Å². The molecule has 2 N–H and O–H groups in total. The van der Waals surface area contributed by atoms with Crippen LogP contribution in [0.15, 0.2) is 18.2 Å². The van der Waals surface area contributed by atoms with Gasteiger partial charge in [-0.15, -0.1) is 0 Å². The average Bonchev–Trinajstić information content (AvgIpc) is 2.33. The van der Waals surface area contributed by atoms with Gasteiger partial charge in [0.25, 0.3) is 0 Å². The normalized spacial score (nSPS) is 11.3. The first-order valence-electron chi connectivity index (χ1n) is 5.87. The lowest BCUT2D eigenvalue weighted by molar-refractivity contribution is -0.386. The second-order valence-electron chi connectivity index (χ2n) is 4.15. The summed E-state index contributed by atoms with van der Waals surface area (Å²) in [4.78, 5) is 9.98. The topological polar surface area (TPSA) is 113 Å². The maximum absolute atomic E-state index is 12.9. The Bertz CT molecular complexity index is 576. The number of ether oxygens (including phenoxy) is 1. The standard InChI is InChI=1S/C11H15FN2O5S/c12-9-4-5-11(10(8-9)14(15)16)19-6-2-1-3-7-20(13,17)18/h4-5,8H,1-3,6-7H2,(H2,13,17,18). The Labute approximate surface area is 115 Å². The number of nitro groups is 1. The minimum Gasteiger partial charge on any atom is -0.487 e. The van der Waals surface area contributed by atoms with E-state index in [0.717, 1.165) is 12.1 Å². The van der Waals surface area contributed by atoms with Crippen LogP contribution in [-0.4, -0.2) is 25.7 Å². The lowest BCUT2D eigenvalue weighted by Gasteiger charge is -2.06. The lowest BCUT2D eigenvalue weighted by atomic mass is 10.2. The molecule has 7 nitrogen and oxygen atoms in total. The van der Waals surface area contributed by atoms with Crippen LogP contribution < -0.4 is 9.88 Å². The van der Waals surface area contributed by atoms with Gasteiger partial charge in [0, 0.05) is 0 Å². The number of nitrogens with zero attached hydrogens (tertiary/aromatic N) is 1. The highest BCUT2D eigenvalue weighted by molar-refractivity contribution is 7.89. The van der Waals surface area contributed by atoms with E-state index < -0.39 is 26.5 Å². The number of nitro benzene ring substituents is 1. The number of sulfonamides is 1. The van der Waals surface area contributed by atoms with E-state index in [4.69, 9.17) is 9.88 Å². The third-order valence-corrected chi connectivity index (χ3v) is 3.31. The molecule has 0 fully saturated rings. The molecule has 0 aliphatic heterocycles. The Morgan fingerprint density at radius 2 is 2.00 bits per heavy atom. The molecule has 0 aliphatic carbocycles. The maximum atomic E-state index is 12.9. The van der Waals surface area contributed by atoms with Crippen molar-refractivity contribution in [3.8, 4) is 5.75 Å². The molecule has 0 bridgehead atoms. The van der Waals surface area contributed by atoms with Crippen LogP contribution in [0.1, 0.15) is 19.3 Å². The van der Waals surface area contributed by atoms with Crippen LogP contribution in [0.3, 0.4) is 0 Å². The molecular formula is C11H15FN2O5S. The van der Waals surface area contributed by atoms with Gasteiger partial charge < -0.3 is 4.74 Å². The minimum absolute atomic E-state index is 0.0113. The zero-order chi connectivity index (χ0) is 15.2. The highest BCUT2D eigenvalue weighted by Gasteiger charge is 2.15. The molecule has 0 heterocycles. The van der Waals surface area contributed by atoms with Gasteiger partial charge in [0.15, 0.2) is 5.75 Å². The fourth-order valence-electron chi connectivity index (χ4n) is 1.52. The van der Waals surface area contributed by atoms with E-state index in [1.54, 1.807) is 0 Å². The van der Waals surface area contributed by atoms with Crippen molar-refractivity contribution in [3.05, 3.63) is 34.1 Å². The first-order valence-corrected chi connectivity index (χ1v) is 7.58. The molecule has 0 amide bonds. The van der Waals surface area contributed by atoms with Crippen molar-refractivity contribution in [3.63, 3.8) is 0 Å². The van der Waals surface area contributed by atoms with Gasteiger partial charge in [0.05, 0.1) is 23.3 Å². The Balaban J connectivity index is 2.41. The minimum atomic E-state index is -3.46. The highest BCUT2D eigenvalue weighted by atomic mass is 32.2. The summed E-state index contributed by atoms with van der Waals surface area (Å²) < 4.78 is 39.4. The van der Waals surface area contributed by atoms with E-state index in [9.17, 15) is 22.9 Å². The molecule has 1 rings (SSSR count). The molecule has 9 heteroatoms. The lowest BCUT2D eigenvalue weighted by Crippen LogP contribution is -2.16. The zero-order valence-electron chi connectivity index (χ0n) is 10.6. The molecule has 1 aromatic carbocycles. The number of rotatable bonds is 8. The SMILES string of the molecule is NS(=O)(=O)CCCCCOc1ccc(F)cc1[N+](=O)[O-]. The smallest absolute Gasteiger partial charge is 0.313 e. The van der Waals surface area contributed by atoms with Gasteiger partial charge in [0.2, 0.25) is 10.0 Å². The van der Waals surface area contributed by atoms with Gasteiger partial charge in [-0.05, 0) is 31.4 Å². The molecule has 0 spiro atoms. The van der Waals surface area contributed by atoms with Gasteiger partial charge in [-0.3, -0.25) is 10.1 Å². The van der Waals surface area contributed by atoms with E-state index in [0.29, 0.717) is 19.3 Å². The summed E-state index contributed by atoms with van der Waals surface area (Å²) in [6, 6.07) is 3.05. The van der Waals surface area contributed by atoms with Crippen LogP contribution in [0.4, 0.5) is 10.1 Å². The molecule has 112 valence electrons. The van der Waals surface area contributed by atoms with Crippen molar-refractivity contribution in [2.75, 3.05) is 12.4 Å². The molecule has 0 aliphatic rings. The van der Waals surface area contributed by atoms with Crippen LogP contribution in [-0.2, 0) is 10.0 Å². The van der Waals surface area contributed by atoms with E-state index in [2.05, 4.69) is 0 Å². The first-order chi connectivity index (χ1) is 9.29. The fraction of sp³-hybridized carbons (Fsp3) is 0.455. The summed E-state index contributed by atoms with van der Waals surface area (Å²) in [5.41, 5.74) is -0.436. The fourth-order valence-corrected chi connectivity index (χ4v) is 2.13. The van der Waals surface area contributed by atoms with E-state index in [1.807, 2.05) is 0 Å². The Morgan fingerprint density at radius 3 is 2.60 bits per heavy atom. The number of unbranched alkanes of at least 4 members (excludes halogenated alkanes) is 2. The van der Waals surface area contributed by atoms with Crippen molar-refractivity contribution in [1.82, 2.24) is 0 Å². The van der Waals surface area contributed by atoms with Crippen molar-refractivity contribution in [2.45, 2.75) is 19.3 Å². The molecular weight excluding hydrogens is 291 g/mol. The largest absolute Gasteiger partial charge is 0.487 e. The number of halogens is 1. The first kappa shape index (κ1) is 16.3. The Kier molecular flexibility index (Phi) is 5.83. The Hall–Kier alpha value is -1.74. The van der Waals surface area contributed by atoms with Crippen LogP contribution >= 0.6 is 0 Å². The van der Waals surface area contributed by atoms with Gasteiger partial charge in [-0.25, -0.2) is 17.9 Å². The van der Waals surface area contributed by atoms with Gasteiger partial charge >= 0.3 is 5.69 Å². The molecule has 1 aromatic rings. The zero-order valence-corrected chi connectivity index (χ0v) is 11.4. The number of hydrogen-bond acceptors (Lipinski definition) is 5. The van der Waals surface area contributed by atoms with Crippen molar-refractivity contribution in [1.29, 1.82) is 0 Å². The molecule has 0 radical (unpaired) electrons. The predicted molar refractivity (Wildman–Crippen MR) is 70.4 cm³/mol. The average molecular weight is 306 g/mol. The van der Waals surface area contributed by atoms with Crippen molar-refractivity contribution in [2.24, 2.45) is 5.14 Å². The number of primary sulfonamides is 1. The van der Waals surface area contributed by atoms with Crippen LogP contribution in [0.2, 0.25) is 0 Å². The van der Waals surface area contributed by atoms with E-state index in [-0.39, 0.29) is 18.1 Å². The summed E-state index contributed by atoms with van der Waals surface area (Å²) in [6.45, 7) is 0.178. The van der Waals surface area contributed by atoms with Crippen LogP contribution in [0, 0.1) is 15.9 Å². The number of benzene rings is 1. The quantitative estimate of drug-likeness (QED) is 0.445. The molecule has 0 atom stereocenters.